The number of nitrogens with zero attached hydrogens (tertiary/aromatic N) is 5. The molecule has 8 heteroatoms. The van der Waals surface area contributed by atoms with Crippen molar-refractivity contribution in [1.82, 2.24) is 24.9 Å². The van der Waals surface area contributed by atoms with Crippen LogP contribution in [-0.2, 0) is 20.1 Å². The van der Waals surface area contributed by atoms with Gasteiger partial charge in [0.25, 0.3) is 0 Å². The number of ketones is 1. The third-order valence-corrected chi connectivity index (χ3v) is 4.42. The summed E-state index contributed by atoms with van der Waals surface area (Å²) < 4.78 is 12.8. The molecule has 0 N–H and O–H groups in total. The molecule has 4 aromatic rings. The van der Waals surface area contributed by atoms with Gasteiger partial charge in [-0.1, -0.05) is 11.2 Å². The number of carbonyl (C=O) groups is 1. The van der Waals surface area contributed by atoms with E-state index in [1.807, 2.05) is 38.4 Å². The van der Waals surface area contributed by atoms with Crippen molar-refractivity contribution < 1.29 is 14.1 Å². The highest BCUT2D eigenvalue weighted by molar-refractivity contribution is 5.95. The average molecular weight is 389 g/mol. The number of ether oxygens (including phenoxy) is 1. The lowest BCUT2D eigenvalue weighted by Gasteiger charge is -2.07. The molecule has 4 aromatic heterocycles. The second-order valence-corrected chi connectivity index (χ2v) is 6.57. The van der Waals surface area contributed by atoms with Crippen molar-refractivity contribution in [1.29, 1.82) is 0 Å². The van der Waals surface area contributed by atoms with Crippen molar-refractivity contribution in [2.24, 2.45) is 7.05 Å². The summed E-state index contributed by atoms with van der Waals surface area (Å²) in [7, 11) is 1.81. The fraction of sp³-hybridized carbons (Fsp3) is 0.190. The Bertz CT molecular complexity index is 1120. The number of hydrogen-bond donors (Lipinski definition) is 0. The summed E-state index contributed by atoms with van der Waals surface area (Å²) in [5.41, 5.74) is 3.43. The molecular weight excluding hydrogens is 370 g/mol. The minimum atomic E-state index is -0.0723. The smallest absolute Gasteiger partial charge is 0.185 e. The average Bonchev–Trinajstić information content (AvgIpc) is 3.32. The van der Waals surface area contributed by atoms with Gasteiger partial charge < -0.3 is 9.26 Å². The van der Waals surface area contributed by atoms with Gasteiger partial charge in [-0.2, -0.15) is 5.10 Å². The highest BCUT2D eigenvalue weighted by Gasteiger charge is 2.16. The van der Waals surface area contributed by atoms with Crippen LogP contribution in [0.3, 0.4) is 0 Å². The number of aromatic nitrogens is 5. The van der Waals surface area contributed by atoms with Crippen molar-refractivity contribution in [3.63, 3.8) is 0 Å². The summed E-state index contributed by atoms with van der Waals surface area (Å²) in [6.07, 6.45) is 6.99. The lowest BCUT2D eigenvalue weighted by molar-refractivity contribution is 0.0988. The van der Waals surface area contributed by atoms with Gasteiger partial charge in [0.2, 0.25) is 0 Å². The maximum Gasteiger partial charge on any atom is 0.185 e. The summed E-state index contributed by atoms with van der Waals surface area (Å²) in [4.78, 5) is 20.9. The standard InChI is InChI=1S/C21H19N5O3/c1-14-17(21(25-29-14)19-5-3-4-8-22-19)13-28-16-6-7-18(23-11-16)20(27)9-15-10-24-26(2)12-15/h3-8,10-12H,9,13H2,1-2H3. The monoisotopic (exact) mass is 389 g/mol. The topological polar surface area (TPSA) is 95.9 Å². The number of rotatable bonds is 7. The van der Waals surface area contributed by atoms with Gasteiger partial charge in [0.05, 0.1) is 23.7 Å². The van der Waals surface area contributed by atoms with Crippen LogP contribution in [0.15, 0.2) is 59.6 Å². The lowest BCUT2D eigenvalue weighted by Crippen LogP contribution is -2.06. The Balaban J connectivity index is 1.42. The molecule has 4 rings (SSSR count). The molecule has 0 saturated carbocycles. The number of aryl methyl sites for hydroxylation is 2. The van der Waals surface area contributed by atoms with Gasteiger partial charge in [-0.25, -0.2) is 4.98 Å². The van der Waals surface area contributed by atoms with Gasteiger partial charge in [-0.05, 0) is 36.8 Å². The predicted octanol–water partition coefficient (Wildman–Crippen LogP) is 3.18. The van der Waals surface area contributed by atoms with Crippen LogP contribution in [0, 0.1) is 6.92 Å². The van der Waals surface area contributed by atoms with Gasteiger partial charge in [0.15, 0.2) is 5.78 Å². The Morgan fingerprint density at radius 2 is 2.07 bits per heavy atom. The van der Waals surface area contributed by atoms with E-state index in [0.29, 0.717) is 22.9 Å². The van der Waals surface area contributed by atoms with Crippen molar-refractivity contribution in [3.8, 4) is 17.1 Å². The fourth-order valence-corrected chi connectivity index (χ4v) is 2.89. The quantitative estimate of drug-likeness (QED) is 0.448. The van der Waals surface area contributed by atoms with Crippen molar-refractivity contribution in [3.05, 3.63) is 77.7 Å². The van der Waals surface area contributed by atoms with E-state index in [-0.39, 0.29) is 18.8 Å². The molecule has 8 nitrogen and oxygen atoms in total. The molecule has 0 saturated heterocycles. The molecule has 0 atom stereocenters. The van der Waals surface area contributed by atoms with E-state index < -0.39 is 0 Å². The third kappa shape index (κ3) is 4.21. The zero-order valence-corrected chi connectivity index (χ0v) is 16.1. The van der Waals surface area contributed by atoms with E-state index in [1.165, 1.54) is 0 Å². The first kappa shape index (κ1) is 18.5. The van der Waals surface area contributed by atoms with Crippen LogP contribution in [0.1, 0.15) is 27.4 Å². The van der Waals surface area contributed by atoms with E-state index in [4.69, 9.17) is 9.26 Å². The minimum Gasteiger partial charge on any atom is -0.487 e. The van der Waals surface area contributed by atoms with Gasteiger partial charge in [-0.15, -0.1) is 0 Å². The molecule has 0 unspecified atom stereocenters. The minimum absolute atomic E-state index is 0.0723. The summed E-state index contributed by atoms with van der Waals surface area (Å²) in [5, 5.41) is 8.16. The summed E-state index contributed by atoms with van der Waals surface area (Å²) in [6, 6.07) is 8.99. The first-order valence-corrected chi connectivity index (χ1v) is 9.06. The Hall–Kier alpha value is -3.81. The van der Waals surface area contributed by atoms with Crippen molar-refractivity contribution in [2.75, 3.05) is 0 Å². The van der Waals surface area contributed by atoms with Crippen molar-refractivity contribution >= 4 is 5.78 Å². The van der Waals surface area contributed by atoms with Crippen LogP contribution in [0.2, 0.25) is 0 Å². The zero-order valence-electron chi connectivity index (χ0n) is 16.1. The molecule has 0 aliphatic carbocycles. The molecule has 0 aliphatic rings. The third-order valence-electron chi connectivity index (χ3n) is 4.42. The Morgan fingerprint density at radius 3 is 2.76 bits per heavy atom. The van der Waals surface area contributed by atoms with Crippen LogP contribution < -0.4 is 4.74 Å². The molecule has 146 valence electrons. The summed E-state index contributed by atoms with van der Waals surface area (Å²) in [6.45, 7) is 2.09. The highest BCUT2D eigenvalue weighted by atomic mass is 16.5. The SMILES string of the molecule is Cc1onc(-c2ccccn2)c1COc1ccc(C(=O)Cc2cnn(C)c2)nc1. The summed E-state index contributed by atoms with van der Waals surface area (Å²) in [5.74, 6) is 1.15. The highest BCUT2D eigenvalue weighted by Crippen LogP contribution is 2.25. The van der Waals surface area contributed by atoms with E-state index >= 15 is 0 Å². The largest absolute Gasteiger partial charge is 0.487 e. The van der Waals surface area contributed by atoms with Crippen LogP contribution in [-0.4, -0.2) is 30.7 Å². The fourth-order valence-electron chi connectivity index (χ4n) is 2.89. The lowest BCUT2D eigenvalue weighted by atomic mass is 10.1. The molecular formula is C21H19N5O3. The molecule has 0 spiro atoms. The maximum atomic E-state index is 12.4. The second-order valence-electron chi connectivity index (χ2n) is 6.57. The van der Waals surface area contributed by atoms with Crippen LogP contribution >= 0.6 is 0 Å². The molecule has 0 radical (unpaired) electrons. The normalized spacial score (nSPS) is 10.8. The molecule has 0 bridgehead atoms. The maximum absolute atomic E-state index is 12.4. The molecule has 29 heavy (non-hydrogen) atoms. The van der Waals surface area contributed by atoms with E-state index in [0.717, 1.165) is 16.8 Å². The number of hydrogen-bond acceptors (Lipinski definition) is 7. The Kier molecular flexibility index (Phi) is 5.15. The summed E-state index contributed by atoms with van der Waals surface area (Å²) >= 11 is 0. The van der Waals surface area contributed by atoms with E-state index in [1.54, 1.807) is 35.4 Å². The van der Waals surface area contributed by atoms with Gasteiger partial charge >= 0.3 is 0 Å². The van der Waals surface area contributed by atoms with Crippen LogP contribution in [0.4, 0.5) is 0 Å². The van der Waals surface area contributed by atoms with Gasteiger partial charge in [0.1, 0.15) is 29.5 Å². The van der Waals surface area contributed by atoms with Crippen LogP contribution in [0.25, 0.3) is 11.4 Å². The van der Waals surface area contributed by atoms with Crippen molar-refractivity contribution in [2.45, 2.75) is 20.0 Å². The number of pyridine rings is 2. The van der Waals surface area contributed by atoms with E-state index in [2.05, 4.69) is 20.2 Å². The number of Topliss-reactive ketones (excluding diaryl/α,β-unsaturated/α-hetero) is 1. The zero-order chi connectivity index (χ0) is 20.2. The van der Waals surface area contributed by atoms with Gasteiger partial charge in [-0.3, -0.25) is 14.5 Å². The number of carbonyl (C=O) groups excluding carboxylic acids is 1. The van der Waals surface area contributed by atoms with E-state index in [9.17, 15) is 4.79 Å². The second kappa shape index (κ2) is 8.05. The molecule has 0 aliphatic heterocycles. The Morgan fingerprint density at radius 1 is 1.17 bits per heavy atom. The predicted molar refractivity (Wildman–Crippen MR) is 104 cm³/mol. The first-order chi connectivity index (χ1) is 14.1. The first-order valence-electron chi connectivity index (χ1n) is 9.06. The molecule has 0 amide bonds. The Labute approximate surface area is 167 Å². The molecule has 0 fully saturated rings. The van der Waals surface area contributed by atoms with Gasteiger partial charge in [0, 0.05) is 25.9 Å². The van der Waals surface area contributed by atoms with Crippen LogP contribution in [0.5, 0.6) is 5.75 Å². The molecule has 4 heterocycles. The molecule has 0 aromatic carbocycles.